The fourth-order valence-electron chi connectivity index (χ4n) is 2.78. The molecule has 0 radical (unpaired) electrons. The Morgan fingerprint density at radius 1 is 1.42 bits per heavy atom. The Kier molecular flexibility index (Phi) is 3.10. The zero-order valence-electron chi connectivity index (χ0n) is 11.4. The maximum absolute atomic E-state index is 12.1. The molecule has 3 heterocycles. The summed E-state index contributed by atoms with van der Waals surface area (Å²) in [5.74, 6) is 0.801. The Bertz CT molecular complexity index is 498. The molecule has 1 atom stereocenters. The average Bonchev–Trinajstić information content (AvgIpc) is 2.71. The van der Waals surface area contributed by atoms with Gasteiger partial charge in [-0.3, -0.25) is 4.79 Å². The molecule has 0 spiro atoms. The molecular weight excluding hydrogens is 242 g/mol. The van der Waals surface area contributed by atoms with Crippen LogP contribution >= 0.6 is 0 Å². The summed E-state index contributed by atoms with van der Waals surface area (Å²) >= 11 is 0. The Labute approximate surface area is 112 Å². The van der Waals surface area contributed by atoms with E-state index in [1.807, 2.05) is 18.7 Å². The van der Waals surface area contributed by atoms with E-state index in [0.717, 1.165) is 37.8 Å². The number of carbonyl (C=O) groups is 1. The van der Waals surface area contributed by atoms with Gasteiger partial charge < -0.3 is 15.1 Å². The summed E-state index contributed by atoms with van der Waals surface area (Å²) < 4.78 is 0. The van der Waals surface area contributed by atoms with Gasteiger partial charge >= 0.3 is 0 Å². The molecule has 2 aliphatic heterocycles. The van der Waals surface area contributed by atoms with Crippen molar-refractivity contribution in [3.05, 3.63) is 17.5 Å². The molecule has 19 heavy (non-hydrogen) atoms. The summed E-state index contributed by atoms with van der Waals surface area (Å²) in [7, 11) is 0. The number of anilines is 1. The Morgan fingerprint density at radius 3 is 2.84 bits per heavy atom. The van der Waals surface area contributed by atoms with Gasteiger partial charge in [-0.15, -0.1) is 0 Å². The van der Waals surface area contributed by atoms with Gasteiger partial charge in [0.1, 0.15) is 0 Å². The summed E-state index contributed by atoms with van der Waals surface area (Å²) in [4.78, 5) is 25.1. The number of rotatable bonds is 2. The highest BCUT2D eigenvalue weighted by molar-refractivity contribution is 5.98. The van der Waals surface area contributed by atoms with Gasteiger partial charge in [0, 0.05) is 38.9 Å². The number of nitrogens with one attached hydrogen (secondary N) is 1. The summed E-state index contributed by atoms with van der Waals surface area (Å²) in [5, 5.41) is 3.31. The standard InChI is InChI=1S/C13H19N5O/c1-3-18-9(2)11-10(12(18)19)8-15-13(16-11)17-6-4-14-5-7-17/h8-9,14H,3-7H2,1-2H3. The molecule has 6 heteroatoms. The third-order valence-corrected chi connectivity index (χ3v) is 3.90. The van der Waals surface area contributed by atoms with Crippen molar-refractivity contribution in [3.8, 4) is 0 Å². The van der Waals surface area contributed by atoms with Crippen LogP contribution in [0.3, 0.4) is 0 Å². The van der Waals surface area contributed by atoms with Crippen LogP contribution in [-0.2, 0) is 0 Å². The van der Waals surface area contributed by atoms with Gasteiger partial charge in [0.05, 0.1) is 17.3 Å². The van der Waals surface area contributed by atoms with Crippen LogP contribution in [0.2, 0.25) is 0 Å². The molecule has 3 rings (SSSR count). The van der Waals surface area contributed by atoms with Crippen molar-refractivity contribution in [1.82, 2.24) is 20.2 Å². The first kappa shape index (κ1) is 12.3. The minimum absolute atomic E-state index is 0.0526. The van der Waals surface area contributed by atoms with Gasteiger partial charge in [-0.05, 0) is 13.8 Å². The lowest BCUT2D eigenvalue weighted by Crippen LogP contribution is -2.44. The number of piperazine rings is 1. The first-order chi connectivity index (χ1) is 9.22. The van der Waals surface area contributed by atoms with Gasteiger partial charge in [0.25, 0.3) is 5.91 Å². The fourth-order valence-corrected chi connectivity index (χ4v) is 2.78. The molecule has 0 saturated carbocycles. The van der Waals surface area contributed by atoms with Crippen molar-refractivity contribution in [1.29, 1.82) is 0 Å². The van der Waals surface area contributed by atoms with E-state index in [1.165, 1.54) is 0 Å². The molecule has 1 unspecified atom stereocenters. The number of carbonyl (C=O) groups excluding carboxylic acids is 1. The van der Waals surface area contributed by atoms with Gasteiger partial charge in [-0.2, -0.15) is 0 Å². The number of nitrogens with zero attached hydrogens (tertiary/aromatic N) is 4. The minimum Gasteiger partial charge on any atom is -0.338 e. The van der Waals surface area contributed by atoms with Crippen LogP contribution < -0.4 is 10.2 Å². The topological polar surface area (TPSA) is 61.4 Å². The van der Waals surface area contributed by atoms with Crippen molar-refractivity contribution < 1.29 is 4.79 Å². The number of hydrogen-bond acceptors (Lipinski definition) is 5. The number of fused-ring (bicyclic) bond motifs is 1. The number of aromatic nitrogens is 2. The first-order valence-corrected chi connectivity index (χ1v) is 6.86. The van der Waals surface area contributed by atoms with Crippen LogP contribution in [0.15, 0.2) is 6.20 Å². The van der Waals surface area contributed by atoms with E-state index in [1.54, 1.807) is 6.20 Å². The van der Waals surface area contributed by atoms with E-state index < -0.39 is 0 Å². The lowest BCUT2D eigenvalue weighted by atomic mass is 10.2. The van der Waals surface area contributed by atoms with Crippen LogP contribution in [-0.4, -0.2) is 53.5 Å². The van der Waals surface area contributed by atoms with Crippen LogP contribution in [0, 0.1) is 0 Å². The molecule has 1 fully saturated rings. The molecular formula is C13H19N5O. The third kappa shape index (κ3) is 1.96. The van der Waals surface area contributed by atoms with Gasteiger partial charge in [-0.1, -0.05) is 0 Å². The van der Waals surface area contributed by atoms with Crippen molar-refractivity contribution in [2.75, 3.05) is 37.6 Å². The van der Waals surface area contributed by atoms with Crippen molar-refractivity contribution in [2.24, 2.45) is 0 Å². The highest BCUT2D eigenvalue weighted by Crippen LogP contribution is 2.31. The highest BCUT2D eigenvalue weighted by Gasteiger charge is 2.35. The van der Waals surface area contributed by atoms with E-state index in [-0.39, 0.29) is 11.9 Å². The van der Waals surface area contributed by atoms with Crippen molar-refractivity contribution in [2.45, 2.75) is 19.9 Å². The Hall–Kier alpha value is -1.69. The van der Waals surface area contributed by atoms with E-state index in [2.05, 4.69) is 20.2 Å². The van der Waals surface area contributed by atoms with Gasteiger partial charge in [0.2, 0.25) is 5.95 Å². The lowest BCUT2D eigenvalue weighted by Gasteiger charge is -2.27. The van der Waals surface area contributed by atoms with E-state index >= 15 is 0 Å². The van der Waals surface area contributed by atoms with Crippen molar-refractivity contribution in [3.63, 3.8) is 0 Å². The molecule has 0 aliphatic carbocycles. The minimum atomic E-state index is 0.0526. The predicted octanol–water partition coefficient (Wildman–Crippen LogP) is 0.423. The summed E-state index contributed by atoms with van der Waals surface area (Å²) in [6, 6.07) is 0.0529. The number of amides is 1. The average molecular weight is 261 g/mol. The maximum Gasteiger partial charge on any atom is 0.257 e. The summed E-state index contributed by atoms with van der Waals surface area (Å²) in [5.41, 5.74) is 1.53. The van der Waals surface area contributed by atoms with E-state index in [0.29, 0.717) is 12.1 Å². The molecule has 0 aromatic carbocycles. The normalized spacial score (nSPS) is 22.8. The second-order valence-electron chi connectivity index (χ2n) is 4.97. The molecule has 102 valence electrons. The van der Waals surface area contributed by atoms with Crippen molar-refractivity contribution >= 4 is 11.9 Å². The zero-order valence-corrected chi connectivity index (χ0v) is 11.4. The Morgan fingerprint density at radius 2 is 2.16 bits per heavy atom. The molecule has 6 nitrogen and oxygen atoms in total. The van der Waals surface area contributed by atoms with Crippen LogP contribution in [0.5, 0.6) is 0 Å². The van der Waals surface area contributed by atoms with Gasteiger partial charge in [-0.25, -0.2) is 9.97 Å². The number of hydrogen-bond donors (Lipinski definition) is 1. The van der Waals surface area contributed by atoms with Crippen LogP contribution in [0.1, 0.15) is 35.9 Å². The second-order valence-corrected chi connectivity index (χ2v) is 4.97. The monoisotopic (exact) mass is 261 g/mol. The molecule has 1 N–H and O–H groups in total. The lowest BCUT2D eigenvalue weighted by molar-refractivity contribution is 0.0747. The second kappa shape index (κ2) is 4.77. The summed E-state index contributed by atoms with van der Waals surface area (Å²) in [6.45, 7) is 8.47. The van der Waals surface area contributed by atoms with E-state index in [9.17, 15) is 4.79 Å². The fraction of sp³-hybridized carbons (Fsp3) is 0.615. The molecule has 1 saturated heterocycles. The maximum atomic E-state index is 12.1. The molecule has 1 aromatic rings. The molecule has 2 aliphatic rings. The SMILES string of the molecule is CCN1C(=O)c2cnc(N3CCNCC3)nc2C1C. The predicted molar refractivity (Wildman–Crippen MR) is 72.2 cm³/mol. The van der Waals surface area contributed by atoms with Gasteiger partial charge in [0.15, 0.2) is 0 Å². The van der Waals surface area contributed by atoms with Crippen LogP contribution in [0.4, 0.5) is 5.95 Å². The van der Waals surface area contributed by atoms with E-state index in [4.69, 9.17) is 0 Å². The molecule has 1 aromatic heterocycles. The largest absolute Gasteiger partial charge is 0.338 e. The molecule has 1 amide bonds. The quantitative estimate of drug-likeness (QED) is 0.836. The summed E-state index contributed by atoms with van der Waals surface area (Å²) in [6.07, 6.45) is 1.69. The first-order valence-electron chi connectivity index (χ1n) is 6.86. The zero-order chi connectivity index (χ0) is 13.4. The highest BCUT2D eigenvalue weighted by atomic mass is 16.2. The Balaban J connectivity index is 1.92. The van der Waals surface area contributed by atoms with Crippen LogP contribution in [0.25, 0.3) is 0 Å². The smallest absolute Gasteiger partial charge is 0.257 e. The third-order valence-electron chi connectivity index (χ3n) is 3.90. The molecule has 0 bridgehead atoms.